The van der Waals surface area contributed by atoms with Gasteiger partial charge >= 0.3 is 0 Å². The van der Waals surface area contributed by atoms with Crippen LogP contribution < -0.4 is 0 Å². The van der Waals surface area contributed by atoms with Crippen LogP contribution in [0.1, 0.15) is 12.7 Å². The summed E-state index contributed by atoms with van der Waals surface area (Å²) in [5, 5.41) is 0. The number of carbonyl (C=O) groups is 1. The van der Waals surface area contributed by atoms with Crippen molar-refractivity contribution in [2.45, 2.75) is 13.0 Å². The largest absolute Gasteiger partial charge is 0.450 e. The molecule has 2 rings (SSSR count). The Morgan fingerprint density at radius 1 is 1.50 bits per heavy atom. The van der Waals surface area contributed by atoms with E-state index in [0.717, 1.165) is 19.6 Å². The molecule has 0 aliphatic carbocycles. The number of hydrogen-bond acceptors (Lipinski definition) is 3. The van der Waals surface area contributed by atoms with Gasteiger partial charge in [0.25, 0.3) is 0 Å². The van der Waals surface area contributed by atoms with Crippen LogP contribution in [0.3, 0.4) is 0 Å². The predicted octanol–water partition coefficient (Wildman–Crippen LogP) is 2.22. The van der Waals surface area contributed by atoms with Crippen LogP contribution in [0.2, 0.25) is 0 Å². The number of amides is 1. The second-order valence-electron chi connectivity index (χ2n) is 4.62. The minimum Gasteiger partial charge on any atom is -0.450 e. The molecule has 1 aromatic heterocycles. The molecule has 0 saturated carbocycles. The smallest absolute Gasteiger partial charge is 0.247 e. The van der Waals surface area contributed by atoms with E-state index in [1.807, 2.05) is 17.0 Å². The lowest BCUT2D eigenvalue weighted by atomic mass is 10.2. The molecule has 0 bridgehead atoms. The number of piperazine rings is 1. The van der Waals surface area contributed by atoms with Crippen LogP contribution in [-0.4, -0.2) is 48.4 Å². The molecule has 0 aromatic carbocycles. The molecule has 1 unspecified atom stereocenters. The van der Waals surface area contributed by atoms with Crippen LogP contribution in [-0.2, 0) is 4.79 Å². The van der Waals surface area contributed by atoms with Gasteiger partial charge in [0.2, 0.25) is 5.91 Å². The van der Waals surface area contributed by atoms with Gasteiger partial charge in [-0.05, 0) is 48.1 Å². The summed E-state index contributed by atoms with van der Waals surface area (Å²) in [6.45, 7) is 4.70. The first-order valence-electron chi connectivity index (χ1n) is 5.99. The second-order valence-corrected chi connectivity index (χ2v) is 5.40. The fourth-order valence-electron chi connectivity index (χ4n) is 2.13. The maximum absolute atomic E-state index is 12.1. The van der Waals surface area contributed by atoms with Crippen LogP contribution in [0.25, 0.3) is 6.08 Å². The quantitative estimate of drug-likeness (QED) is 0.786. The fourth-order valence-corrected chi connectivity index (χ4v) is 2.45. The van der Waals surface area contributed by atoms with Gasteiger partial charge in [-0.3, -0.25) is 4.79 Å². The minimum atomic E-state index is 0.0446. The Labute approximate surface area is 115 Å². The third kappa shape index (κ3) is 3.23. The first-order chi connectivity index (χ1) is 8.56. The van der Waals surface area contributed by atoms with Crippen molar-refractivity contribution in [1.82, 2.24) is 9.80 Å². The molecule has 1 aromatic rings. The Morgan fingerprint density at radius 2 is 2.28 bits per heavy atom. The zero-order chi connectivity index (χ0) is 13.1. The van der Waals surface area contributed by atoms with Crippen LogP contribution in [0.4, 0.5) is 0 Å². The molecular weight excluding hydrogens is 296 g/mol. The highest BCUT2D eigenvalue weighted by atomic mass is 79.9. The molecular formula is C13H17BrN2O2. The van der Waals surface area contributed by atoms with Gasteiger partial charge in [-0.2, -0.15) is 0 Å². The minimum absolute atomic E-state index is 0.0446. The summed E-state index contributed by atoms with van der Waals surface area (Å²) < 4.78 is 5.99. The summed E-state index contributed by atoms with van der Waals surface area (Å²) in [6, 6.07) is 3.88. The van der Waals surface area contributed by atoms with Crippen molar-refractivity contribution in [1.29, 1.82) is 0 Å². The Bertz CT molecular complexity index is 456. The topological polar surface area (TPSA) is 36.7 Å². The standard InChI is InChI=1S/C13H17BrN2O2/c1-10-9-15(2)7-8-16(10)13(17)6-4-11-3-5-12(14)18-11/h3-6,10H,7-9H2,1-2H3. The van der Waals surface area contributed by atoms with Gasteiger partial charge in [-0.25, -0.2) is 0 Å². The number of nitrogens with zero attached hydrogens (tertiary/aromatic N) is 2. The van der Waals surface area contributed by atoms with E-state index in [0.29, 0.717) is 10.4 Å². The highest BCUT2D eigenvalue weighted by Crippen LogP contribution is 2.15. The van der Waals surface area contributed by atoms with E-state index in [9.17, 15) is 4.79 Å². The Hall–Kier alpha value is -1.07. The fraction of sp³-hybridized carbons (Fsp3) is 0.462. The number of furan rings is 1. The van der Waals surface area contributed by atoms with Gasteiger partial charge in [0.15, 0.2) is 4.67 Å². The first kappa shape index (κ1) is 13.4. The zero-order valence-corrected chi connectivity index (χ0v) is 12.2. The molecule has 1 aliphatic heterocycles. The van der Waals surface area contributed by atoms with Crippen LogP contribution in [0, 0.1) is 0 Å². The van der Waals surface area contributed by atoms with Crippen molar-refractivity contribution in [3.63, 3.8) is 0 Å². The number of rotatable bonds is 2. The number of carbonyl (C=O) groups excluding carboxylic acids is 1. The highest BCUT2D eigenvalue weighted by molar-refractivity contribution is 9.10. The van der Waals surface area contributed by atoms with Crippen LogP contribution in [0.5, 0.6) is 0 Å². The van der Waals surface area contributed by atoms with Gasteiger partial charge in [-0.15, -0.1) is 0 Å². The number of halogens is 1. The van der Waals surface area contributed by atoms with E-state index in [1.165, 1.54) is 0 Å². The Kier molecular flexibility index (Phi) is 4.24. The van der Waals surface area contributed by atoms with E-state index in [-0.39, 0.29) is 11.9 Å². The van der Waals surface area contributed by atoms with Crippen molar-refractivity contribution < 1.29 is 9.21 Å². The Balaban J connectivity index is 1.97. The summed E-state index contributed by atoms with van der Waals surface area (Å²) in [5.74, 6) is 0.722. The molecule has 4 nitrogen and oxygen atoms in total. The monoisotopic (exact) mass is 312 g/mol. The second kappa shape index (κ2) is 5.71. The molecule has 98 valence electrons. The molecule has 0 N–H and O–H groups in total. The van der Waals surface area contributed by atoms with E-state index in [1.54, 1.807) is 12.2 Å². The summed E-state index contributed by atoms with van der Waals surface area (Å²) in [5.41, 5.74) is 0. The van der Waals surface area contributed by atoms with E-state index in [2.05, 4.69) is 34.8 Å². The molecule has 1 atom stereocenters. The average Bonchev–Trinajstić information content (AvgIpc) is 2.72. The highest BCUT2D eigenvalue weighted by Gasteiger charge is 2.23. The zero-order valence-electron chi connectivity index (χ0n) is 10.6. The molecule has 0 radical (unpaired) electrons. The third-order valence-electron chi connectivity index (χ3n) is 3.10. The van der Waals surface area contributed by atoms with Gasteiger partial charge < -0.3 is 14.2 Å². The SMILES string of the molecule is CC1CN(C)CCN1C(=O)C=Cc1ccc(Br)o1. The van der Waals surface area contributed by atoms with E-state index in [4.69, 9.17) is 4.42 Å². The lowest BCUT2D eigenvalue weighted by Gasteiger charge is -2.37. The Morgan fingerprint density at radius 3 is 2.89 bits per heavy atom. The van der Waals surface area contributed by atoms with Crippen LogP contribution in [0.15, 0.2) is 27.3 Å². The van der Waals surface area contributed by atoms with Gasteiger partial charge in [0, 0.05) is 31.8 Å². The van der Waals surface area contributed by atoms with Crippen LogP contribution >= 0.6 is 15.9 Å². The summed E-state index contributed by atoms with van der Waals surface area (Å²) in [7, 11) is 2.08. The normalized spacial score (nSPS) is 21.7. The molecule has 2 heterocycles. The van der Waals surface area contributed by atoms with Crippen molar-refractivity contribution >= 4 is 27.9 Å². The van der Waals surface area contributed by atoms with Crippen molar-refractivity contribution in [2.24, 2.45) is 0 Å². The predicted molar refractivity (Wildman–Crippen MR) is 74.1 cm³/mol. The first-order valence-corrected chi connectivity index (χ1v) is 6.78. The number of likely N-dealkylation sites (N-methyl/N-ethyl adjacent to an activating group) is 1. The lowest BCUT2D eigenvalue weighted by molar-refractivity contribution is -0.130. The molecule has 18 heavy (non-hydrogen) atoms. The van der Waals surface area contributed by atoms with Crippen molar-refractivity contribution in [2.75, 3.05) is 26.7 Å². The summed E-state index contributed by atoms with van der Waals surface area (Å²) >= 11 is 3.23. The number of hydrogen-bond donors (Lipinski definition) is 0. The molecule has 1 fully saturated rings. The average molecular weight is 313 g/mol. The maximum atomic E-state index is 12.1. The summed E-state index contributed by atoms with van der Waals surface area (Å²) in [4.78, 5) is 16.2. The molecule has 1 saturated heterocycles. The summed E-state index contributed by atoms with van der Waals surface area (Å²) in [6.07, 6.45) is 3.28. The molecule has 5 heteroatoms. The van der Waals surface area contributed by atoms with Gasteiger partial charge in [0.05, 0.1) is 0 Å². The van der Waals surface area contributed by atoms with E-state index < -0.39 is 0 Å². The van der Waals surface area contributed by atoms with Crippen molar-refractivity contribution in [3.8, 4) is 0 Å². The van der Waals surface area contributed by atoms with Gasteiger partial charge in [0.1, 0.15) is 5.76 Å². The van der Waals surface area contributed by atoms with Crippen molar-refractivity contribution in [3.05, 3.63) is 28.6 Å². The third-order valence-corrected chi connectivity index (χ3v) is 3.52. The van der Waals surface area contributed by atoms with E-state index >= 15 is 0 Å². The molecule has 0 spiro atoms. The molecule has 1 amide bonds. The van der Waals surface area contributed by atoms with Gasteiger partial charge in [-0.1, -0.05) is 0 Å². The maximum Gasteiger partial charge on any atom is 0.247 e. The molecule has 1 aliphatic rings. The lowest BCUT2D eigenvalue weighted by Crippen LogP contribution is -2.52.